The smallest absolute Gasteiger partial charge is 0.366 e. The maximum Gasteiger partial charge on any atom is 0.416 e. The number of alkyl halides is 3. The van der Waals surface area contributed by atoms with Crippen LogP contribution in [0.5, 0.6) is 0 Å². The van der Waals surface area contributed by atoms with Crippen molar-refractivity contribution in [3.05, 3.63) is 72.2 Å². The molecule has 9 heteroatoms. The van der Waals surface area contributed by atoms with Crippen molar-refractivity contribution in [1.82, 2.24) is 19.6 Å². The third-order valence-electron chi connectivity index (χ3n) is 4.18. The molecule has 4 rings (SSSR count). The lowest BCUT2D eigenvalue weighted by Crippen LogP contribution is -2.10. The third kappa shape index (κ3) is 3.55. The van der Waals surface area contributed by atoms with Crippen LogP contribution in [-0.2, 0) is 12.7 Å². The summed E-state index contributed by atoms with van der Waals surface area (Å²) in [6.07, 6.45) is 0.412. The van der Waals surface area contributed by atoms with Gasteiger partial charge in [-0.05, 0) is 29.2 Å². The number of hydrogen-bond donors (Lipinski definition) is 1. The van der Waals surface area contributed by atoms with E-state index in [4.69, 9.17) is 7.85 Å². The Morgan fingerprint density at radius 1 is 1.07 bits per heavy atom. The van der Waals surface area contributed by atoms with Gasteiger partial charge >= 0.3 is 6.18 Å². The molecule has 0 aliphatic rings. The van der Waals surface area contributed by atoms with Crippen LogP contribution < -0.4 is 10.8 Å². The highest BCUT2D eigenvalue weighted by Crippen LogP contribution is 2.32. The molecule has 0 spiro atoms. The Balaban J connectivity index is 1.76. The summed E-state index contributed by atoms with van der Waals surface area (Å²) in [5.41, 5.74) is 1.59. The number of pyridine rings is 1. The monoisotopic (exact) mass is 379 g/mol. The SMILES string of the molecule is [B]c1cnn2c(NCc3cccnc3)cc(-c3cccc(C(F)(F)F)c3)nc12. The minimum absolute atomic E-state index is 0.332. The summed E-state index contributed by atoms with van der Waals surface area (Å²) in [7, 11) is 5.93. The molecule has 0 unspecified atom stereocenters. The fourth-order valence-electron chi connectivity index (χ4n) is 2.80. The molecule has 0 aliphatic carbocycles. The van der Waals surface area contributed by atoms with E-state index in [-0.39, 0.29) is 0 Å². The van der Waals surface area contributed by atoms with Crippen molar-refractivity contribution in [1.29, 1.82) is 0 Å². The van der Waals surface area contributed by atoms with E-state index in [1.807, 2.05) is 12.1 Å². The van der Waals surface area contributed by atoms with Crippen LogP contribution in [0.4, 0.5) is 19.0 Å². The molecule has 0 bridgehead atoms. The number of anilines is 1. The van der Waals surface area contributed by atoms with Crippen molar-refractivity contribution in [2.75, 3.05) is 5.32 Å². The Morgan fingerprint density at radius 3 is 2.68 bits per heavy atom. The van der Waals surface area contributed by atoms with Crippen molar-refractivity contribution in [2.45, 2.75) is 12.7 Å². The van der Waals surface area contributed by atoms with Gasteiger partial charge in [-0.1, -0.05) is 18.2 Å². The van der Waals surface area contributed by atoms with Gasteiger partial charge in [-0.3, -0.25) is 4.98 Å². The number of benzene rings is 1. The summed E-state index contributed by atoms with van der Waals surface area (Å²) < 4.78 is 40.7. The molecule has 138 valence electrons. The Kier molecular flexibility index (Phi) is 4.50. The van der Waals surface area contributed by atoms with E-state index in [1.54, 1.807) is 24.5 Å². The maximum atomic E-state index is 13.1. The van der Waals surface area contributed by atoms with Gasteiger partial charge in [0.25, 0.3) is 0 Å². The second kappa shape index (κ2) is 6.99. The zero-order valence-electron chi connectivity index (χ0n) is 14.5. The van der Waals surface area contributed by atoms with E-state index in [1.165, 1.54) is 16.8 Å². The van der Waals surface area contributed by atoms with Crippen molar-refractivity contribution < 1.29 is 13.2 Å². The van der Waals surface area contributed by atoms with Crippen molar-refractivity contribution in [3.63, 3.8) is 0 Å². The first-order chi connectivity index (χ1) is 13.4. The highest BCUT2D eigenvalue weighted by Gasteiger charge is 2.30. The summed E-state index contributed by atoms with van der Waals surface area (Å²) in [6.45, 7) is 0.453. The largest absolute Gasteiger partial charge is 0.416 e. The molecule has 0 saturated carbocycles. The average Bonchev–Trinajstić information content (AvgIpc) is 3.07. The van der Waals surface area contributed by atoms with Crippen LogP contribution in [0, 0.1) is 0 Å². The molecule has 5 nitrogen and oxygen atoms in total. The van der Waals surface area contributed by atoms with E-state index in [2.05, 4.69) is 20.4 Å². The summed E-state index contributed by atoms with van der Waals surface area (Å²) >= 11 is 0. The Hall–Kier alpha value is -3.36. The molecule has 2 radical (unpaired) electrons. The lowest BCUT2D eigenvalue weighted by Gasteiger charge is -2.12. The predicted molar refractivity (Wildman–Crippen MR) is 100 cm³/mol. The van der Waals surface area contributed by atoms with Crippen LogP contribution in [0.15, 0.2) is 61.1 Å². The molecule has 1 N–H and O–H groups in total. The normalized spacial score (nSPS) is 11.7. The fraction of sp³-hybridized carbons (Fsp3) is 0.105. The fourth-order valence-corrected chi connectivity index (χ4v) is 2.80. The first-order valence-electron chi connectivity index (χ1n) is 8.36. The molecular weight excluding hydrogens is 366 g/mol. The van der Waals surface area contributed by atoms with Crippen molar-refractivity contribution in [3.8, 4) is 11.3 Å². The van der Waals surface area contributed by atoms with E-state index in [0.717, 1.165) is 17.7 Å². The third-order valence-corrected chi connectivity index (χ3v) is 4.18. The topological polar surface area (TPSA) is 55.1 Å². The molecule has 3 heterocycles. The van der Waals surface area contributed by atoms with E-state index in [0.29, 0.717) is 34.7 Å². The quantitative estimate of drug-likeness (QED) is 0.554. The summed E-state index contributed by atoms with van der Waals surface area (Å²) in [5, 5.41) is 7.41. The minimum atomic E-state index is -4.43. The molecule has 0 amide bonds. The number of fused-ring (bicyclic) bond motifs is 1. The van der Waals surface area contributed by atoms with Gasteiger partial charge in [0.2, 0.25) is 0 Å². The Labute approximate surface area is 159 Å². The number of halogens is 3. The van der Waals surface area contributed by atoms with E-state index in [9.17, 15) is 13.2 Å². The summed E-state index contributed by atoms with van der Waals surface area (Å²) in [6, 6.07) is 10.4. The number of nitrogens with zero attached hydrogens (tertiary/aromatic N) is 4. The molecule has 3 aromatic heterocycles. The average molecular weight is 379 g/mol. The lowest BCUT2D eigenvalue weighted by molar-refractivity contribution is -0.137. The van der Waals surface area contributed by atoms with Crippen molar-refractivity contribution >= 4 is 24.8 Å². The van der Waals surface area contributed by atoms with Crippen LogP contribution >= 0.6 is 0 Å². The van der Waals surface area contributed by atoms with E-state index < -0.39 is 11.7 Å². The van der Waals surface area contributed by atoms with Gasteiger partial charge < -0.3 is 5.32 Å². The highest BCUT2D eigenvalue weighted by atomic mass is 19.4. The van der Waals surface area contributed by atoms with Crippen LogP contribution in [-0.4, -0.2) is 27.4 Å². The van der Waals surface area contributed by atoms with Gasteiger partial charge in [0.05, 0.1) is 11.3 Å². The van der Waals surface area contributed by atoms with Gasteiger partial charge in [-0.15, -0.1) is 0 Å². The summed E-state index contributed by atoms with van der Waals surface area (Å²) in [4.78, 5) is 8.46. The molecule has 0 fully saturated rings. The lowest BCUT2D eigenvalue weighted by atomic mass is 10.0. The zero-order valence-corrected chi connectivity index (χ0v) is 14.5. The molecular formula is C19H13BF3N5. The molecule has 1 aromatic carbocycles. The molecule has 28 heavy (non-hydrogen) atoms. The second-order valence-electron chi connectivity index (χ2n) is 6.16. The summed E-state index contributed by atoms with van der Waals surface area (Å²) in [5.74, 6) is 0.554. The standard InChI is InChI=1S/C19H13BF3N5/c20-15-11-26-28-17(25-10-12-3-2-6-24-9-12)8-16(27-18(15)28)13-4-1-5-14(7-13)19(21,22)23/h1-9,11,25H,10H2. The van der Waals surface area contributed by atoms with Crippen molar-refractivity contribution in [2.24, 2.45) is 0 Å². The van der Waals surface area contributed by atoms with Crippen LogP contribution in [0.3, 0.4) is 0 Å². The number of rotatable bonds is 4. The van der Waals surface area contributed by atoms with Crippen LogP contribution in [0.1, 0.15) is 11.1 Å². The number of aromatic nitrogens is 4. The van der Waals surface area contributed by atoms with Crippen LogP contribution in [0.2, 0.25) is 0 Å². The highest BCUT2D eigenvalue weighted by molar-refractivity contribution is 6.36. The molecule has 0 saturated heterocycles. The number of nitrogens with one attached hydrogen (secondary N) is 1. The molecule has 4 aromatic rings. The van der Waals surface area contributed by atoms with Gasteiger partial charge in [0.15, 0.2) is 5.65 Å². The van der Waals surface area contributed by atoms with Gasteiger partial charge in [-0.25, -0.2) is 4.98 Å². The minimum Gasteiger partial charge on any atom is -0.366 e. The van der Waals surface area contributed by atoms with Crippen LogP contribution in [0.25, 0.3) is 16.9 Å². The number of hydrogen-bond acceptors (Lipinski definition) is 4. The molecule has 0 aliphatic heterocycles. The first kappa shape index (κ1) is 18.0. The predicted octanol–water partition coefficient (Wildman–Crippen LogP) is 3.22. The first-order valence-corrected chi connectivity index (χ1v) is 8.36. The van der Waals surface area contributed by atoms with Gasteiger partial charge in [-0.2, -0.15) is 22.8 Å². The molecule has 0 atom stereocenters. The van der Waals surface area contributed by atoms with Gasteiger partial charge in [0, 0.05) is 36.8 Å². The zero-order chi connectivity index (χ0) is 19.7. The second-order valence-corrected chi connectivity index (χ2v) is 6.16. The van der Waals surface area contributed by atoms with Gasteiger partial charge in [0.1, 0.15) is 13.7 Å². The Bertz CT molecular complexity index is 1130. The Morgan fingerprint density at radius 2 is 1.93 bits per heavy atom. The van der Waals surface area contributed by atoms with E-state index >= 15 is 0 Å². The maximum absolute atomic E-state index is 13.1.